The summed E-state index contributed by atoms with van der Waals surface area (Å²) in [5.41, 5.74) is 20.5. The maximum Gasteiger partial charge on any atom is 0.0991 e. The summed E-state index contributed by atoms with van der Waals surface area (Å²) in [5.74, 6) is 6.27. The SMILES string of the molecule is Cc1c2ccccc2cc2ccccc12.Cc1ccc(-c2ccc(-c3ccccc3)cc2)cc1.Cc1ccc(-c2ccc(C#N)cc2)cc1.Cc1ccc(/C=C/c2ccccc2)cc1.Cc1ccc(C#Cc2ccccc2)cc1.Cc1ccc2ccc3cccc4ccc1c2c34. The molecular formula is C95H77N. The van der Waals surface area contributed by atoms with Crippen molar-refractivity contribution in [1.82, 2.24) is 0 Å². The van der Waals surface area contributed by atoms with Crippen molar-refractivity contribution >= 4 is 66.0 Å². The molecule has 0 aromatic heterocycles. The molecule has 16 aromatic carbocycles. The Morgan fingerprint density at radius 3 is 1.06 bits per heavy atom. The Kier molecular flexibility index (Phi) is 22.1. The Labute approximate surface area is 567 Å². The molecule has 0 N–H and O–H groups in total. The van der Waals surface area contributed by atoms with Gasteiger partial charge in [-0.25, -0.2) is 0 Å². The lowest BCUT2D eigenvalue weighted by atomic mass is 9.92. The van der Waals surface area contributed by atoms with Crippen molar-refractivity contribution in [3.05, 3.63) is 407 Å². The lowest BCUT2D eigenvalue weighted by molar-refractivity contribution is 1.46. The van der Waals surface area contributed by atoms with Crippen LogP contribution in [0, 0.1) is 64.7 Å². The fourth-order valence-electron chi connectivity index (χ4n) is 11.6. The fourth-order valence-corrected chi connectivity index (χ4v) is 11.6. The molecule has 0 saturated carbocycles. The summed E-state index contributed by atoms with van der Waals surface area (Å²) in [6, 6.07) is 122. The summed E-state index contributed by atoms with van der Waals surface area (Å²) in [6.07, 6.45) is 4.26. The summed E-state index contributed by atoms with van der Waals surface area (Å²) in [7, 11) is 0. The van der Waals surface area contributed by atoms with Crippen LogP contribution in [0.15, 0.2) is 346 Å². The molecule has 0 spiro atoms. The van der Waals surface area contributed by atoms with E-state index in [2.05, 4.69) is 339 Å². The third-order valence-electron chi connectivity index (χ3n) is 17.1. The zero-order valence-corrected chi connectivity index (χ0v) is 55.5. The topological polar surface area (TPSA) is 23.8 Å². The number of hydrogen-bond acceptors (Lipinski definition) is 1. The van der Waals surface area contributed by atoms with Crippen molar-refractivity contribution in [1.29, 1.82) is 5.26 Å². The van der Waals surface area contributed by atoms with Gasteiger partial charge < -0.3 is 0 Å². The largest absolute Gasteiger partial charge is 0.192 e. The van der Waals surface area contributed by atoms with Crippen molar-refractivity contribution in [3.8, 4) is 51.3 Å². The summed E-state index contributed by atoms with van der Waals surface area (Å²) in [6.45, 7) is 12.8. The van der Waals surface area contributed by atoms with Crippen molar-refractivity contribution < 1.29 is 0 Å². The van der Waals surface area contributed by atoms with Gasteiger partial charge in [-0.05, 0) is 194 Å². The number of fused-ring (bicyclic) bond motifs is 2. The number of rotatable bonds is 5. The first-order valence-electron chi connectivity index (χ1n) is 32.8. The molecule has 0 saturated heterocycles. The molecule has 0 heterocycles. The van der Waals surface area contributed by atoms with Crippen LogP contribution in [0.3, 0.4) is 0 Å². The highest BCUT2D eigenvalue weighted by atomic mass is 14.2. The average Bonchev–Trinajstić information content (AvgIpc) is 0.750. The van der Waals surface area contributed by atoms with Crippen LogP contribution in [-0.2, 0) is 0 Å². The van der Waals surface area contributed by atoms with Gasteiger partial charge in [-0.1, -0.05) is 350 Å². The van der Waals surface area contributed by atoms with Crippen LogP contribution in [0.25, 0.3) is 99.4 Å². The second kappa shape index (κ2) is 32.4. The molecule has 0 aliphatic heterocycles. The average molecular weight is 1230 g/mol. The summed E-state index contributed by atoms with van der Waals surface area (Å²) in [4.78, 5) is 0. The molecule has 0 fully saturated rings. The minimum Gasteiger partial charge on any atom is -0.192 e. The maximum atomic E-state index is 8.69. The van der Waals surface area contributed by atoms with Crippen LogP contribution in [0.5, 0.6) is 0 Å². The molecule has 0 bridgehead atoms. The normalized spacial score (nSPS) is 10.5. The number of aryl methyl sites for hydroxylation is 6. The molecule has 96 heavy (non-hydrogen) atoms. The molecule has 0 aliphatic carbocycles. The van der Waals surface area contributed by atoms with Gasteiger partial charge in [-0.2, -0.15) is 5.26 Å². The van der Waals surface area contributed by atoms with E-state index in [1.807, 2.05) is 78.9 Å². The smallest absolute Gasteiger partial charge is 0.0991 e. The number of nitrogens with zero attached hydrogens (tertiary/aromatic N) is 1. The second-order valence-electron chi connectivity index (χ2n) is 24.2. The Hall–Kier alpha value is -12.1. The third-order valence-corrected chi connectivity index (χ3v) is 17.1. The predicted octanol–water partition coefficient (Wildman–Crippen LogP) is 25.6. The number of hydrogen-bond donors (Lipinski definition) is 0. The predicted molar refractivity (Wildman–Crippen MR) is 415 cm³/mol. The van der Waals surface area contributed by atoms with E-state index < -0.39 is 0 Å². The Bertz CT molecular complexity index is 5190. The monoisotopic (exact) mass is 1230 g/mol. The zero-order chi connectivity index (χ0) is 66.4. The molecule has 0 unspecified atom stereocenters. The van der Waals surface area contributed by atoms with Crippen LogP contribution in [0.1, 0.15) is 61.2 Å². The minimum absolute atomic E-state index is 0.700. The number of nitriles is 1. The molecule has 0 aliphatic rings. The van der Waals surface area contributed by atoms with Gasteiger partial charge in [-0.15, -0.1) is 0 Å². The van der Waals surface area contributed by atoms with Gasteiger partial charge in [0, 0.05) is 11.1 Å². The standard InChI is InChI=1S/C19H16.C17H12.C15H12.C15H14.C15H12.C14H11N/c1-15-7-9-17(10-8-15)19-13-11-18(12-14-19)16-5-3-2-4-6-16;1-11-5-6-14-8-7-12-3-2-4-13-9-10-15(11)17(14)16(12)13;1-11-14-8-4-2-6-12(14)10-13-7-3-5-9-15(11)13;2*1-13-7-9-15(10-8-13)12-11-14-5-3-2-4-6-14;1-11-2-6-13(7-3-11)14-8-4-12(10-15)5-9-14/h2-14H,1H3;2-10H,1H3;2-10H,1H3;2-12H,1H3;2-10H,1H3;2-9H,1H3/b;;;12-11+;;. The lowest BCUT2D eigenvalue weighted by Gasteiger charge is -2.11. The summed E-state index contributed by atoms with van der Waals surface area (Å²) >= 11 is 0. The van der Waals surface area contributed by atoms with Crippen LogP contribution in [-0.4, -0.2) is 0 Å². The van der Waals surface area contributed by atoms with Gasteiger partial charge >= 0.3 is 0 Å². The van der Waals surface area contributed by atoms with Crippen LogP contribution in [0.4, 0.5) is 0 Å². The lowest BCUT2D eigenvalue weighted by Crippen LogP contribution is -1.85. The molecule has 16 aromatic rings. The van der Waals surface area contributed by atoms with E-state index in [1.54, 1.807) is 0 Å². The first-order valence-corrected chi connectivity index (χ1v) is 32.8. The van der Waals surface area contributed by atoms with Gasteiger partial charge in [0.05, 0.1) is 11.6 Å². The van der Waals surface area contributed by atoms with Crippen molar-refractivity contribution in [2.75, 3.05) is 0 Å². The van der Waals surface area contributed by atoms with E-state index in [0.29, 0.717) is 5.56 Å². The molecular weight excluding hydrogens is 1160 g/mol. The Morgan fingerprint density at radius 1 is 0.240 bits per heavy atom. The highest BCUT2D eigenvalue weighted by Crippen LogP contribution is 2.36. The number of benzene rings is 16. The second-order valence-corrected chi connectivity index (χ2v) is 24.2. The molecule has 462 valence electrons. The zero-order valence-electron chi connectivity index (χ0n) is 55.5. The molecule has 1 nitrogen and oxygen atoms in total. The van der Waals surface area contributed by atoms with E-state index in [0.717, 1.165) is 16.7 Å². The molecule has 16 rings (SSSR count). The first kappa shape index (κ1) is 65.4. The van der Waals surface area contributed by atoms with Crippen molar-refractivity contribution in [2.45, 2.75) is 41.5 Å². The molecule has 0 radical (unpaired) electrons. The highest BCUT2D eigenvalue weighted by Gasteiger charge is 2.09. The molecule has 1 heteroatoms. The Balaban J connectivity index is 0.000000117. The fraction of sp³-hybridized carbons (Fsp3) is 0.0632. The van der Waals surface area contributed by atoms with Gasteiger partial charge in [0.25, 0.3) is 0 Å². The quantitative estimate of drug-likeness (QED) is 0.0729. The first-order chi connectivity index (χ1) is 47.0. The van der Waals surface area contributed by atoms with Gasteiger partial charge in [0.15, 0.2) is 0 Å². The van der Waals surface area contributed by atoms with Gasteiger partial charge in [0.2, 0.25) is 0 Å². The van der Waals surface area contributed by atoms with Crippen molar-refractivity contribution in [3.63, 3.8) is 0 Å². The Morgan fingerprint density at radius 2 is 0.573 bits per heavy atom. The summed E-state index contributed by atoms with van der Waals surface area (Å²) in [5, 5.41) is 22.3. The summed E-state index contributed by atoms with van der Waals surface area (Å²) < 4.78 is 0. The van der Waals surface area contributed by atoms with Crippen LogP contribution < -0.4 is 0 Å². The maximum absolute atomic E-state index is 8.69. The van der Waals surface area contributed by atoms with E-state index in [1.165, 1.54) is 126 Å². The van der Waals surface area contributed by atoms with E-state index in [4.69, 9.17) is 5.26 Å². The molecule has 0 atom stereocenters. The van der Waals surface area contributed by atoms with E-state index >= 15 is 0 Å². The van der Waals surface area contributed by atoms with E-state index in [9.17, 15) is 0 Å². The van der Waals surface area contributed by atoms with E-state index in [-0.39, 0.29) is 0 Å². The van der Waals surface area contributed by atoms with Crippen LogP contribution >= 0.6 is 0 Å². The highest BCUT2D eigenvalue weighted by molar-refractivity contribution is 6.23. The minimum atomic E-state index is 0.700. The van der Waals surface area contributed by atoms with Crippen molar-refractivity contribution in [2.24, 2.45) is 0 Å². The third kappa shape index (κ3) is 17.5. The molecule has 0 amide bonds. The van der Waals surface area contributed by atoms with Crippen LogP contribution in [0.2, 0.25) is 0 Å². The van der Waals surface area contributed by atoms with Gasteiger partial charge in [0.1, 0.15) is 0 Å². The van der Waals surface area contributed by atoms with Gasteiger partial charge in [-0.3, -0.25) is 0 Å².